The number of nitrogens with zero attached hydrogens (tertiary/aromatic N) is 1. The third kappa shape index (κ3) is 3.03. The fraction of sp³-hybridized carbons (Fsp3) is 0.231. The number of anilines is 2. The number of rotatable bonds is 4. The van der Waals surface area contributed by atoms with E-state index in [1.54, 1.807) is 17.5 Å². The highest BCUT2D eigenvalue weighted by Gasteiger charge is 2.13. The summed E-state index contributed by atoms with van der Waals surface area (Å²) in [6, 6.07) is 1.51. The number of esters is 1. The minimum atomic E-state index is -0.432. The van der Waals surface area contributed by atoms with Gasteiger partial charge in [0.2, 0.25) is 0 Å². The lowest BCUT2D eigenvalue weighted by molar-refractivity contribution is 0.0601. The zero-order chi connectivity index (χ0) is 13.8. The number of hydrogen-bond acceptors (Lipinski definition) is 6. The van der Waals surface area contributed by atoms with Gasteiger partial charge in [-0.05, 0) is 34.9 Å². The number of nitrogens with two attached hydrogens (primary N) is 1. The number of hydrogen-bond donors (Lipinski definition) is 2. The summed E-state index contributed by atoms with van der Waals surface area (Å²) in [5.74, 6) is -0.142. The monoisotopic (exact) mass is 277 g/mol. The molecule has 5 nitrogen and oxygen atoms in total. The van der Waals surface area contributed by atoms with Gasteiger partial charge in [0, 0.05) is 6.54 Å². The molecule has 3 N–H and O–H groups in total. The normalized spacial score (nSPS) is 10.2. The summed E-state index contributed by atoms with van der Waals surface area (Å²) in [7, 11) is 1.34. The smallest absolute Gasteiger partial charge is 0.340 e. The molecule has 0 saturated carbocycles. The highest BCUT2D eigenvalue weighted by Crippen LogP contribution is 2.20. The van der Waals surface area contributed by atoms with Gasteiger partial charge in [0.1, 0.15) is 5.82 Å². The van der Waals surface area contributed by atoms with Crippen LogP contribution in [0.4, 0.5) is 11.5 Å². The van der Waals surface area contributed by atoms with Crippen LogP contribution in [0.5, 0.6) is 0 Å². The van der Waals surface area contributed by atoms with Crippen molar-refractivity contribution in [3.8, 4) is 0 Å². The fourth-order valence-electron chi connectivity index (χ4n) is 1.65. The lowest BCUT2D eigenvalue weighted by atomic mass is 10.2. The zero-order valence-corrected chi connectivity index (χ0v) is 11.6. The molecule has 0 unspecified atom stereocenters. The molecule has 0 radical (unpaired) electrons. The Labute approximate surface area is 115 Å². The van der Waals surface area contributed by atoms with Crippen LogP contribution >= 0.6 is 11.3 Å². The van der Waals surface area contributed by atoms with E-state index in [4.69, 9.17) is 10.5 Å². The second-order valence-corrected chi connectivity index (χ2v) is 4.82. The van der Waals surface area contributed by atoms with Gasteiger partial charge in [-0.3, -0.25) is 0 Å². The molecule has 2 heterocycles. The first-order valence-corrected chi connectivity index (χ1v) is 6.65. The maximum atomic E-state index is 11.7. The van der Waals surface area contributed by atoms with Gasteiger partial charge < -0.3 is 15.8 Å². The number of methoxy groups -OCH3 is 1. The van der Waals surface area contributed by atoms with Crippen LogP contribution in [-0.2, 0) is 11.3 Å². The lowest BCUT2D eigenvalue weighted by Gasteiger charge is -2.10. The Morgan fingerprint density at radius 3 is 2.95 bits per heavy atom. The molecule has 0 fully saturated rings. The van der Waals surface area contributed by atoms with Crippen LogP contribution in [0, 0.1) is 6.92 Å². The first kappa shape index (κ1) is 13.4. The minimum absolute atomic E-state index is 0.290. The molecule has 0 bridgehead atoms. The number of pyridine rings is 1. The van der Waals surface area contributed by atoms with E-state index < -0.39 is 5.97 Å². The van der Waals surface area contributed by atoms with Crippen LogP contribution in [0.1, 0.15) is 21.5 Å². The molecule has 19 heavy (non-hydrogen) atoms. The first-order chi connectivity index (χ1) is 9.11. The highest BCUT2D eigenvalue weighted by molar-refractivity contribution is 7.08. The number of aryl methyl sites for hydroxylation is 1. The molecular weight excluding hydrogens is 262 g/mol. The SMILES string of the molecule is COC(=O)c1cc(N)ncc1NCc1cscc1C. The Balaban J connectivity index is 2.20. The molecular formula is C13H15N3O2S. The Morgan fingerprint density at radius 2 is 2.32 bits per heavy atom. The first-order valence-electron chi connectivity index (χ1n) is 5.71. The summed E-state index contributed by atoms with van der Waals surface area (Å²) in [5, 5.41) is 7.34. The van der Waals surface area contributed by atoms with Gasteiger partial charge in [-0.25, -0.2) is 9.78 Å². The average molecular weight is 277 g/mol. The highest BCUT2D eigenvalue weighted by atomic mass is 32.1. The van der Waals surface area contributed by atoms with Gasteiger partial charge in [0.05, 0.1) is 24.6 Å². The largest absolute Gasteiger partial charge is 0.465 e. The molecule has 0 atom stereocenters. The topological polar surface area (TPSA) is 77.2 Å². The predicted molar refractivity (Wildman–Crippen MR) is 76.4 cm³/mol. The van der Waals surface area contributed by atoms with Crippen LogP contribution < -0.4 is 11.1 Å². The molecule has 0 aliphatic heterocycles. The van der Waals surface area contributed by atoms with E-state index in [-0.39, 0.29) is 5.82 Å². The maximum Gasteiger partial charge on any atom is 0.340 e. The summed E-state index contributed by atoms with van der Waals surface area (Å²) >= 11 is 1.65. The van der Waals surface area contributed by atoms with Crippen molar-refractivity contribution in [2.24, 2.45) is 0 Å². The van der Waals surface area contributed by atoms with Crippen LogP contribution in [0.15, 0.2) is 23.0 Å². The molecule has 6 heteroatoms. The standard InChI is InChI=1S/C13H15N3O2S/c1-8-6-19-7-9(8)4-15-11-5-16-12(14)3-10(11)13(17)18-2/h3,5-7,15H,4H2,1-2H3,(H2,14,16). The average Bonchev–Trinajstić information content (AvgIpc) is 2.82. The molecule has 0 amide bonds. The molecule has 0 saturated heterocycles. The summed E-state index contributed by atoms with van der Waals surface area (Å²) in [4.78, 5) is 15.7. The molecule has 0 spiro atoms. The molecule has 2 rings (SSSR count). The van der Waals surface area contributed by atoms with Crippen LogP contribution in [0.3, 0.4) is 0 Å². The Morgan fingerprint density at radius 1 is 1.53 bits per heavy atom. The molecule has 0 aliphatic rings. The number of nitrogens with one attached hydrogen (secondary N) is 1. The van der Waals surface area contributed by atoms with Crippen molar-refractivity contribution in [3.63, 3.8) is 0 Å². The Kier molecular flexibility index (Phi) is 4.01. The van der Waals surface area contributed by atoms with Gasteiger partial charge in [0.15, 0.2) is 0 Å². The van der Waals surface area contributed by atoms with Crippen LogP contribution in [-0.4, -0.2) is 18.1 Å². The number of thiophene rings is 1. The fourth-order valence-corrected chi connectivity index (χ4v) is 2.51. The summed E-state index contributed by atoms with van der Waals surface area (Å²) < 4.78 is 4.73. The van der Waals surface area contributed by atoms with Crippen LogP contribution in [0.25, 0.3) is 0 Å². The van der Waals surface area contributed by atoms with Crippen molar-refractivity contribution in [2.75, 3.05) is 18.2 Å². The number of carbonyl (C=O) groups is 1. The second kappa shape index (κ2) is 5.71. The van der Waals surface area contributed by atoms with E-state index in [1.807, 2.05) is 0 Å². The van der Waals surface area contributed by atoms with Crippen LogP contribution in [0.2, 0.25) is 0 Å². The van der Waals surface area contributed by atoms with E-state index >= 15 is 0 Å². The molecule has 0 aliphatic carbocycles. The van der Waals surface area contributed by atoms with Gasteiger partial charge >= 0.3 is 5.97 Å². The number of ether oxygens (including phenoxy) is 1. The summed E-state index contributed by atoms with van der Waals surface area (Å²) in [5.41, 5.74) is 9.01. The van der Waals surface area contributed by atoms with Crippen molar-refractivity contribution >= 4 is 28.8 Å². The summed E-state index contributed by atoms with van der Waals surface area (Å²) in [6.45, 7) is 2.68. The van der Waals surface area contributed by atoms with E-state index in [9.17, 15) is 4.79 Å². The van der Waals surface area contributed by atoms with Crippen molar-refractivity contribution in [2.45, 2.75) is 13.5 Å². The third-order valence-electron chi connectivity index (χ3n) is 2.76. The zero-order valence-electron chi connectivity index (χ0n) is 10.8. The van der Waals surface area contributed by atoms with Crippen molar-refractivity contribution in [1.29, 1.82) is 0 Å². The predicted octanol–water partition coefficient (Wildman–Crippen LogP) is 2.43. The van der Waals surface area contributed by atoms with Crippen molar-refractivity contribution in [3.05, 3.63) is 39.7 Å². The minimum Gasteiger partial charge on any atom is -0.465 e. The molecule has 2 aromatic heterocycles. The van der Waals surface area contributed by atoms with E-state index in [2.05, 4.69) is 28.0 Å². The number of carbonyl (C=O) groups excluding carboxylic acids is 1. The van der Waals surface area contributed by atoms with Crippen molar-refractivity contribution < 1.29 is 9.53 Å². The maximum absolute atomic E-state index is 11.7. The van der Waals surface area contributed by atoms with Gasteiger partial charge in [-0.15, -0.1) is 0 Å². The van der Waals surface area contributed by atoms with Gasteiger partial charge in [-0.1, -0.05) is 0 Å². The Hall–Kier alpha value is -2.08. The van der Waals surface area contributed by atoms with E-state index in [0.29, 0.717) is 17.8 Å². The van der Waals surface area contributed by atoms with Crippen molar-refractivity contribution in [1.82, 2.24) is 4.98 Å². The third-order valence-corrected chi connectivity index (χ3v) is 3.67. The molecule has 100 valence electrons. The molecule has 2 aromatic rings. The molecule has 0 aromatic carbocycles. The summed E-state index contributed by atoms with van der Waals surface area (Å²) in [6.07, 6.45) is 1.54. The Bertz CT molecular complexity index is 595. The van der Waals surface area contributed by atoms with Gasteiger partial charge in [-0.2, -0.15) is 11.3 Å². The second-order valence-electron chi connectivity index (χ2n) is 4.08. The quantitative estimate of drug-likeness (QED) is 0.839. The van der Waals surface area contributed by atoms with E-state index in [1.165, 1.54) is 24.3 Å². The lowest BCUT2D eigenvalue weighted by Crippen LogP contribution is -2.10. The number of aromatic nitrogens is 1. The van der Waals surface area contributed by atoms with Gasteiger partial charge in [0.25, 0.3) is 0 Å². The number of nitrogen functional groups attached to an aromatic ring is 1. The van der Waals surface area contributed by atoms with E-state index in [0.717, 1.165) is 0 Å².